The molecule has 0 spiro atoms. The third-order valence-electron chi connectivity index (χ3n) is 5.84. The molecule has 2 aromatic rings. The van der Waals surface area contributed by atoms with E-state index < -0.39 is 5.92 Å². The Balaban J connectivity index is 1.61. The molecule has 2 aliphatic heterocycles. The molecule has 29 heavy (non-hydrogen) atoms. The van der Waals surface area contributed by atoms with E-state index in [4.69, 9.17) is 11.6 Å². The van der Waals surface area contributed by atoms with Crippen LogP contribution in [0.5, 0.6) is 0 Å². The molecule has 0 aromatic heterocycles. The minimum atomic E-state index is -0.424. The van der Waals surface area contributed by atoms with E-state index in [1.807, 2.05) is 54.3 Å². The molecule has 2 saturated heterocycles. The van der Waals surface area contributed by atoms with E-state index in [9.17, 15) is 14.4 Å². The SMILES string of the molecule is CC1CCCN(c2ccc(-c3cccc(C4CCC(=O)NC4=O)c3Cl)cc2)C1=O. The van der Waals surface area contributed by atoms with Gasteiger partial charge in [-0.25, -0.2) is 0 Å². The van der Waals surface area contributed by atoms with E-state index in [0.717, 1.165) is 41.8 Å². The van der Waals surface area contributed by atoms with Crippen LogP contribution >= 0.6 is 11.6 Å². The number of imide groups is 1. The minimum absolute atomic E-state index is 0.0584. The highest BCUT2D eigenvalue weighted by atomic mass is 35.5. The summed E-state index contributed by atoms with van der Waals surface area (Å²) in [6.07, 6.45) is 2.72. The summed E-state index contributed by atoms with van der Waals surface area (Å²) in [6, 6.07) is 13.4. The Bertz CT molecular complexity index is 971. The van der Waals surface area contributed by atoms with Gasteiger partial charge in [0.15, 0.2) is 0 Å². The van der Waals surface area contributed by atoms with Gasteiger partial charge in [0.05, 0.1) is 10.9 Å². The first kappa shape index (κ1) is 19.6. The third-order valence-corrected chi connectivity index (χ3v) is 6.26. The second-order valence-electron chi connectivity index (χ2n) is 7.79. The molecular weight excluding hydrogens is 388 g/mol. The molecule has 5 nitrogen and oxygen atoms in total. The van der Waals surface area contributed by atoms with Gasteiger partial charge in [0.25, 0.3) is 0 Å². The Morgan fingerprint density at radius 2 is 1.79 bits per heavy atom. The first-order valence-electron chi connectivity index (χ1n) is 9.99. The first-order chi connectivity index (χ1) is 14.0. The zero-order valence-corrected chi connectivity index (χ0v) is 17.0. The average Bonchev–Trinajstić information content (AvgIpc) is 2.71. The maximum Gasteiger partial charge on any atom is 0.234 e. The number of carbonyl (C=O) groups is 3. The summed E-state index contributed by atoms with van der Waals surface area (Å²) in [7, 11) is 0. The van der Waals surface area contributed by atoms with Gasteiger partial charge >= 0.3 is 0 Å². The van der Waals surface area contributed by atoms with Crippen LogP contribution in [0, 0.1) is 5.92 Å². The van der Waals surface area contributed by atoms with Crippen molar-refractivity contribution in [2.75, 3.05) is 11.4 Å². The molecule has 2 atom stereocenters. The van der Waals surface area contributed by atoms with E-state index in [1.54, 1.807) is 0 Å². The molecule has 0 saturated carbocycles. The number of benzene rings is 2. The molecule has 2 unspecified atom stereocenters. The number of amides is 3. The molecule has 0 radical (unpaired) electrons. The fourth-order valence-corrected chi connectivity index (χ4v) is 4.53. The zero-order chi connectivity index (χ0) is 20.5. The van der Waals surface area contributed by atoms with Crippen molar-refractivity contribution in [3.05, 3.63) is 53.1 Å². The molecule has 2 fully saturated rings. The largest absolute Gasteiger partial charge is 0.312 e. The molecule has 6 heteroatoms. The molecular formula is C23H23ClN2O3. The van der Waals surface area contributed by atoms with Gasteiger partial charge in [-0.15, -0.1) is 0 Å². The number of piperidine rings is 2. The number of rotatable bonds is 3. The Kier molecular flexibility index (Phi) is 5.41. The lowest BCUT2D eigenvalue weighted by Gasteiger charge is -2.30. The van der Waals surface area contributed by atoms with Crippen molar-refractivity contribution in [3.63, 3.8) is 0 Å². The van der Waals surface area contributed by atoms with Crippen LogP contribution in [0.4, 0.5) is 5.69 Å². The quantitative estimate of drug-likeness (QED) is 0.767. The lowest BCUT2D eigenvalue weighted by Crippen LogP contribution is -2.40. The Hall–Kier alpha value is -2.66. The molecule has 4 rings (SSSR count). The van der Waals surface area contributed by atoms with Gasteiger partial charge in [-0.3, -0.25) is 19.7 Å². The van der Waals surface area contributed by atoms with Crippen molar-refractivity contribution in [1.29, 1.82) is 0 Å². The van der Waals surface area contributed by atoms with Crippen LogP contribution in [-0.2, 0) is 14.4 Å². The van der Waals surface area contributed by atoms with Gasteiger partial charge in [-0.2, -0.15) is 0 Å². The fraction of sp³-hybridized carbons (Fsp3) is 0.348. The Morgan fingerprint density at radius 3 is 2.52 bits per heavy atom. The standard InChI is InChI=1S/C23H23ClN2O3/c1-14-4-3-13-26(23(14)29)16-9-7-15(8-10-16)17-5-2-6-18(21(17)24)19-11-12-20(27)25-22(19)28/h2,5-10,14,19H,3-4,11-13H2,1H3,(H,25,27,28). The number of nitrogens with one attached hydrogen (secondary N) is 1. The third kappa shape index (κ3) is 3.79. The van der Waals surface area contributed by atoms with Gasteiger partial charge in [0, 0.05) is 30.1 Å². The minimum Gasteiger partial charge on any atom is -0.312 e. The normalized spacial score (nSPS) is 22.6. The number of hydrogen-bond donors (Lipinski definition) is 1. The van der Waals surface area contributed by atoms with Gasteiger partial charge in [-0.05, 0) is 42.5 Å². The monoisotopic (exact) mass is 410 g/mol. The molecule has 150 valence electrons. The summed E-state index contributed by atoms with van der Waals surface area (Å²) < 4.78 is 0. The summed E-state index contributed by atoms with van der Waals surface area (Å²) in [5.41, 5.74) is 3.38. The smallest absolute Gasteiger partial charge is 0.234 e. The average molecular weight is 411 g/mol. The predicted octanol–water partition coefficient (Wildman–Crippen LogP) is 4.29. The van der Waals surface area contributed by atoms with Crippen molar-refractivity contribution in [3.8, 4) is 11.1 Å². The Labute approximate surface area is 175 Å². The second kappa shape index (κ2) is 7.99. The van der Waals surface area contributed by atoms with Crippen molar-refractivity contribution in [2.24, 2.45) is 5.92 Å². The molecule has 0 bridgehead atoms. The lowest BCUT2D eigenvalue weighted by molar-refractivity contribution is -0.134. The van der Waals surface area contributed by atoms with Gasteiger partial charge < -0.3 is 4.90 Å². The van der Waals surface area contributed by atoms with E-state index in [2.05, 4.69) is 5.32 Å². The summed E-state index contributed by atoms with van der Waals surface area (Å²) >= 11 is 6.68. The predicted molar refractivity (Wildman–Crippen MR) is 113 cm³/mol. The summed E-state index contributed by atoms with van der Waals surface area (Å²) in [5, 5.41) is 2.92. The molecule has 0 aliphatic carbocycles. The Morgan fingerprint density at radius 1 is 1.03 bits per heavy atom. The zero-order valence-electron chi connectivity index (χ0n) is 16.3. The number of anilines is 1. The summed E-state index contributed by atoms with van der Waals surface area (Å²) in [4.78, 5) is 38.0. The molecule has 3 amide bonds. The van der Waals surface area contributed by atoms with Gasteiger partial charge in [-0.1, -0.05) is 48.9 Å². The topological polar surface area (TPSA) is 66.5 Å². The maximum absolute atomic E-state index is 12.5. The van der Waals surface area contributed by atoms with Crippen LogP contribution in [-0.4, -0.2) is 24.3 Å². The first-order valence-corrected chi connectivity index (χ1v) is 10.4. The number of carbonyl (C=O) groups excluding carboxylic acids is 3. The van der Waals surface area contributed by atoms with E-state index in [1.165, 1.54) is 0 Å². The lowest BCUT2D eigenvalue weighted by atomic mass is 9.88. The van der Waals surface area contributed by atoms with Crippen LogP contribution in [0.2, 0.25) is 5.02 Å². The van der Waals surface area contributed by atoms with Crippen LogP contribution in [0.3, 0.4) is 0 Å². The number of nitrogens with zero attached hydrogens (tertiary/aromatic N) is 1. The van der Waals surface area contributed by atoms with Crippen molar-refractivity contribution >= 4 is 35.0 Å². The van der Waals surface area contributed by atoms with Crippen LogP contribution in [0.25, 0.3) is 11.1 Å². The van der Waals surface area contributed by atoms with Gasteiger partial charge in [0.2, 0.25) is 17.7 Å². The van der Waals surface area contributed by atoms with Crippen LogP contribution < -0.4 is 10.2 Å². The maximum atomic E-state index is 12.5. The van der Waals surface area contributed by atoms with Crippen molar-refractivity contribution in [1.82, 2.24) is 5.32 Å². The van der Waals surface area contributed by atoms with Crippen molar-refractivity contribution in [2.45, 2.75) is 38.5 Å². The highest BCUT2D eigenvalue weighted by Crippen LogP contribution is 2.37. The highest BCUT2D eigenvalue weighted by molar-refractivity contribution is 6.34. The van der Waals surface area contributed by atoms with Gasteiger partial charge in [0.1, 0.15) is 0 Å². The highest BCUT2D eigenvalue weighted by Gasteiger charge is 2.30. The number of halogens is 1. The summed E-state index contributed by atoms with van der Waals surface area (Å²) in [6.45, 7) is 2.72. The fourth-order valence-electron chi connectivity index (χ4n) is 4.16. The molecule has 2 heterocycles. The summed E-state index contributed by atoms with van der Waals surface area (Å²) in [5.74, 6) is -0.735. The molecule has 1 N–H and O–H groups in total. The van der Waals surface area contributed by atoms with E-state index in [-0.39, 0.29) is 23.6 Å². The van der Waals surface area contributed by atoms with Crippen molar-refractivity contribution < 1.29 is 14.4 Å². The second-order valence-corrected chi connectivity index (χ2v) is 8.17. The molecule has 2 aliphatic rings. The van der Waals surface area contributed by atoms with E-state index in [0.29, 0.717) is 17.9 Å². The molecule has 2 aromatic carbocycles. The number of hydrogen-bond acceptors (Lipinski definition) is 3. The van der Waals surface area contributed by atoms with E-state index >= 15 is 0 Å². The van der Waals surface area contributed by atoms with Crippen LogP contribution in [0.1, 0.15) is 44.1 Å². The van der Waals surface area contributed by atoms with Crippen LogP contribution in [0.15, 0.2) is 42.5 Å².